The van der Waals surface area contributed by atoms with Gasteiger partial charge in [0.1, 0.15) is 0 Å². The van der Waals surface area contributed by atoms with Crippen molar-refractivity contribution in [2.45, 2.75) is 13.0 Å². The fraction of sp³-hybridized carbons (Fsp3) is 0.235. The van der Waals surface area contributed by atoms with E-state index >= 15 is 0 Å². The summed E-state index contributed by atoms with van der Waals surface area (Å²) >= 11 is 0. The van der Waals surface area contributed by atoms with E-state index < -0.39 is 0 Å². The summed E-state index contributed by atoms with van der Waals surface area (Å²) < 4.78 is 2.31. The predicted molar refractivity (Wildman–Crippen MR) is 82.5 cm³/mol. The molecule has 3 nitrogen and oxygen atoms in total. The van der Waals surface area contributed by atoms with E-state index in [0.717, 1.165) is 5.39 Å². The molecule has 2 N–H and O–H groups in total. The van der Waals surface area contributed by atoms with Gasteiger partial charge in [0, 0.05) is 24.0 Å². The number of nitrogens with two attached hydrogens (primary N) is 1. The highest BCUT2D eigenvalue weighted by molar-refractivity contribution is 5.79. The maximum atomic E-state index is 5.93. The van der Waals surface area contributed by atoms with E-state index in [1.807, 2.05) is 18.5 Å². The van der Waals surface area contributed by atoms with Gasteiger partial charge in [-0.15, -0.1) is 0 Å². The molecule has 3 aromatic rings. The Morgan fingerprint density at radius 2 is 1.95 bits per heavy atom. The second-order valence-corrected chi connectivity index (χ2v) is 5.23. The van der Waals surface area contributed by atoms with E-state index in [1.54, 1.807) is 0 Å². The number of hydrogen-bond donors (Lipinski definition) is 1. The average molecular weight is 265 g/mol. The van der Waals surface area contributed by atoms with Crippen LogP contribution >= 0.6 is 0 Å². The molecule has 0 spiro atoms. The van der Waals surface area contributed by atoms with Crippen molar-refractivity contribution in [3.8, 4) is 0 Å². The monoisotopic (exact) mass is 265 g/mol. The van der Waals surface area contributed by atoms with Crippen LogP contribution in [-0.2, 0) is 0 Å². The summed E-state index contributed by atoms with van der Waals surface area (Å²) in [5, 5.41) is 1.16. The van der Waals surface area contributed by atoms with E-state index in [1.165, 1.54) is 11.1 Å². The molecule has 0 aliphatic carbocycles. The van der Waals surface area contributed by atoms with E-state index in [-0.39, 0.29) is 6.04 Å². The molecule has 2 aromatic heterocycles. The van der Waals surface area contributed by atoms with Gasteiger partial charge in [-0.2, -0.15) is 0 Å². The Kier molecular flexibility index (Phi) is 3.52. The lowest BCUT2D eigenvalue weighted by Gasteiger charge is -2.26. The van der Waals surface area contributed by atoms with Gasteiger partial charge in [-0.25, -0.2) is 0 Å². The van der Waals surface area contributed by atoms with Gasteiger partial charge < -0.3 is 10.3 Å². The fourth-order valence-corrected chi connectivity index (χ4v) is 2.79. The maximum Gasteiger partial charge on any atom is 0.0623 e. The third-order valence-corrected chi connectivity index (χ3v) is 3.87. The van der Waals surface area contributed by atoms with E-state index in [2.05, 4.69) is 59.1 Å². The van der Waals surface area contributed by atoms with Crippen molar-refractivity contribution in [3.63, 3.8) is 0 Å². The summed E-state index contributed by atoms with van der Waals surface area (Å²) in [5.74, 6) is 0.362. The number of aromatic nitrogens is 2. The molecule has 3 heteroatoms. The highest BCUT2D eigenvalue weighted by Crippen LogP contribution is 2.30. The molecule has 102 valence electrons. The highest BCUT2D eigenvalue weighted by Gasteiger charge is 2.21. The SMILES string of the molecule is CC(CN)C(c1ccccc1)n1ccc2cnccc21. The smallest absolute Gasteiger partial charge is 0.0623 e. The lowest BCUT2D eigenvalue weighted by molar-refractivity contribution is 0.424. The number of rotatable bonds is 4. The van der Waals surface area contributed by atoms with Crippen LogP contribution in [0.25, 0.3) is 10.9 Å². The molecule has 0 bridgehead atoms. The molecule has 0 aliphatic heterocycles. The number of hydrogen-bond acceptors (Lipinski definition) is 2. The van der Waals surface area contributed by atoms with Gasteiger partial charge in [-0.1, -0.05) is 37.3 Å². The van der Waals surface area contributed by atoms with Crippen LogP contribution in [0.1, 0.15) is 18.5 Å². The molecular formula is C17H19N3. The van der Waals surface area contributed by atoms with E-state index in [4.69, 9.17) is 5.73 Å². The third-order valence-electron chi connectivity index (χ3n) is 3.87. The Hall–Kier alpha value is -2.13. The summed E-state index contributed by atoms with van der Waals surface area (Å²) in [6.07, 6.45) is 5.88. The molecule has 0 saturated heterocycles. The Morgan fingerprint density at radius 1 is 1.15 bits per heavy atom. The van der Waals surface area contributed by atoms with Gasteiger partial charge >= 0.3 is 0 Å². The highest BCUT2D eigenvalue weighted by atomic mass is 15.0. The van der Waals surface area contributed by atoms with Gasteiger partial charge in [0.25, 0.3) is 0 Å². The van der Waals surface area contributed by atoms with Gasteiger partial charge in [-0.05, 0) is 30.2 Å². The maximum absolute atomic E-state index is 5.93. The van der Waals surface area contributed by atoms with Crippen LogP contribution in [0.15, 0.2) is 61.1 Å². The summed E-state index contributed by atoms with van der Waals surface area (Å²) in [4.78, 5) is 4.19. The van der Waals surface area contributed by atoms with E-state index in [0.29, 0.717) is 12.5 Å². The third kappa shape index (κ3) is 2.21. The number of nitrogens with zero attached hydrogens (tertiary/aromatic N) is 2. The molecule has 2 heterocycles. The zero-order chi connectivity index (χ0) is 13.9. The molecule has 0 radical (unpaired) electrons. The summed E-state index contributed by atoms with van der Waals surface area (Å²) in [6, 6.07) is 15.0. The van der Waals surface area contributed by atoms with Crippen molar-refractivity contribution >= 4 is 10.9 Å². The molecule has 20 heavy (non-hydrogen) atoms. The summed E-state index contributed by atoms with van der Waals surface area (Å²) in [7, 11) is 0. The van der Waals surface area contributed by atoms with Crippen LogP contribution < -0.4 is 5.73 Å². The van der Waals surface area contributed by atoms with Gasteiger partial charge in [0.05, 0.1) is 11.6 Å². The molecule has 0 aliphatic rings. The molecule has 0 amide bonds. The Bertz CT molecular complexity index is 688. The standard InChI is InChI=1S/C17H19N3/c1-13(11-18)17(14-5-3-2-4-6-14)20-10-8-15-12-19-9-7-16(15)20/h2-10,12-13,17H,11,18H2,1H3. The number of fused-ring (bicyclic) bond motifs is 1. The minimum atomic E-state index is 0.251. The van der Waals surface area contributed by atoms with Gasteiger partial charge in [-0.3, -0.25) is 4.98 Å². The van der Waals surface area contributed by atoms with Crippen molar-refractivity contribution in [2.75, 3.05) is 6.54 Å². The van der Waals surface area contributed by atoms with Crippen LogP contribution in [-0.4, -0.2) is 16.1 Å². The lowest BCUT2D eigenvalue weighted by Crippen LogP contribution is -2.24. The molecule has 2 atom stereocenters. The van der Waals surface area contributed by atoms with Gasteiger partial charge in [0.15, 0.2) is 0 Å². The first kappa shape index (κ1) is 12.9. The Balaban J connectivity index is 2.15. The molecule has 1 aromatic carbocycles. The second-order valence-electron chi connectivity index (χ2n) is 5.23. The molecule has 2 unspecified atom stereocenters. The first-order valence-electron chi connectivity index (χ1n) is 6.97. The first-order chi connectivity index (χ1) is 9.81. The lowest BCUT2D eigenvalue weighted by atomic mass is 9.94. The van der Waals surface area contributed by atoms with Crippen LogP contribution in [0.4, 0.5) is 0 Å². The summed E-state index contributed by atoms with van der Waals surface area (Å²) in [6.45, 7) is 2.86. The fourth-order valence-electron chi connectivity index (χ4n) is 2.79. The van der Waals surface area contributed by atoms with Gasteiger partial charge in [0.2, 0.25) is 0 Å². The van der Waals surface area contributed by atoms with Crippen LogP contribution in [0.2, 0.25) is 0 Å². The van der Waals surface area contributed by atoms with Crippen molar-refractivity contribution in [3.05, 3.63) is 66.6 Å². The number of pyridine rings is 1. The zero-order valence-corrected chi connectivity index (χ0v) is 11.6. The predicted octanol–water partition coefficient (Wildman–Crippen LogP) is 3.22. The average Bonchev–Trinajstić information content (AvgIpc) is 2.92. The largest absolute Gasteiger partial charge is 0.340 e. The van der Waals surface area contributed by atoms with Crippen LogP contribution in [0.3, 0.4) is 0 Å². The van der Waals surface area contributed by atoms with Crippen LogP contribution in [0.5, 0.6) is 0 Å². The zero-order valence-electron chi connectivity index (χ0n) is 11.6. The second kappa shape index (κ2) is 5.47. The van der Waals surface area contributed by atoms with Crippen molar-refractivity contribution < 1.29 is 0 Å². The molecule has 0 saturated carbocycles. The Labute approximate surface area is 119 Å². The minimum Gasteiger partial charge on any atom is -0.340 e. The normalized spacial score (nSPS) is 14.3. The molecular weight excluding hydrogens is 246 g/mol. The van der Waals surface area contributed by atoms with E-state index in [9.17, 15) is 0 Å². The van der Waals surface area contributed by atoms with Crippen molar-refractivity contribution in [1.29, 1.82) is 0 Å². The number of benzene rings is 1. The van der Waals surface area contributed by atoms with Crippen molar-refractivity contribution in [1.82, 2.24) is 9.55 Å². The minimum absolute atomic E-state index is 0.251. The van der Waals surface area contributed by atoms with Crippen molar-refractivity contribution in [2.24, 2.45) is 11.7 Å². The molecule has 3 rings (SSSR count). The Morgan fingerprint density at radius 3 is 2.70 bits per heavy atom. The quantitative estimate of drug-likeness (QED) is 0.787. The van der Waals surface area contributed by atoms with Crippen LogP contribution in [0, 0.1) is 5.92 Å². The first-order valence-corrected chi connectivity index (χ1v) is 6.97. The topological polar surface area (TPSA) is 43.8 Å². The molecule has 0 fully saturated rings. The summed E-state index contributed by atoms with van der Waals surface area (Å²) in [5.41, 5.74) is 8.43.